The molecule has 110 valence electrons. The van der Waals surface area contributed by atoms with Gasteiger partial charge in [-0.2, -0.15) is 5.10 Å². The standard InChI is InChI=1S/C14H17N5O2/c15-14(20)18-17-10-12-3-1-4-13(9-12)21-8-2-6-19-7-5-16-11-19/h1,3-5,7,9-11H,2,6,8H2,(H3,15,18,20). The second-order valence-electron chi connectivity index (χ2n) is 4.31. The van der Waals surface area contributed by atoms with E-state index in [1.807, 2.05) is 35.0 Å². The number of carbonyl (C=O) groups is 1. The largest absolute Gasteiger partial charge is 0.494 e. The molecule has 3 N–H and O–H groups in total. The van der Waals surface area contributed by atoms with Crippen molar-refractivity contribution in [3.8, 4) is 5.75 Å². The lowest BCUT2D eigenvalue weighted by atomic mass is 10.2. The molecule has 0 spiro atoms. The molecule has 0 aliphatic carbocycles. The molecule has 0 unspecified atom stereocenters. The number of nitrogens with two attached hydrogens (primary N) is 1. The van der Waals surface area contributed by atoms with Crippen LogP contribution in [-0.4, -0.2) is 28.4 Å². The van der Waals surface area contributed by atoms with E-state index < -0.39 is 6.03 Å². The molecule has 0 aliphatic rings. The second kappa shape index (κ2) is 7.68. The molecule has 0 atom stereocenters. The van der Waals surface area contributed by atoms with Gasteiger partial charge in [-0.15, -0.1) is 0 Å². The van der Waals surface area contributed by atoms with Crippen LogP contribution in [0.2, 0.25) is 0 Å². The highest BCUT2D eigenvalue weighted by Gasteiger charge is 1.96. The number of ether oxygens (including phenoxy) is 1. The molecule has 0 saturated carbocycles. The first-order chi connectivity index (χ1) is 10.2. The van der Waals surface area contributed by atoms with Crippen LogP contribution in [-0.2, 0) is 6.54 Å². The molecule has 0 fully saturated rings. The van der Waals surface area contributed by atoms with Crippen molar-refractivity contribution in [3.05, 3.63) is 48.5 Å². The zero-order valence-electron chi connectivity index (χ0n) is 11.5. The Bertz CT molecular complexity index is 595. The Morgan fingerprint density at radius 2 is 2.43 bits per heavy atom. The molecule has 0 radical (unpaired) electrons. The number of carbonyl (C=O) groups excluding carboxylic acids is 1. The third-order valence-electron chi connectivity index (χ3n) is 2.64. The first-order valence-electron chi connectivity index (χ1n) is 6.51. The van der Waals surface area contributed by atoms with Crippen LogP contribution in [0.15, 0.2) is 48.1 Å². The lowest BCUT2D eigenvalue weighted by Gasteiger charge is -2.07. The number of imidazole rings is 1. The van der Waals surface area contributed by atoms with Gasteiger partial charge >= 0.3 is 6.03 Å². The summed E-state index contributed by atoms with van der Waals surface area (Å²) in [7, 11) is 0. The van der Waals surface area contributed by atoms with Crippen molar-refractivity contribution in [2.24, 2.45) is 10.8 Å². The fourth-order valence-corrected chi connectivity index (χ4v) is 1.71. The number of hydrogen-bond donors (Lipinski definition) is 2. The van der Waals surface area contributed by atoms with Gasteiger partial charge in [0.25, 0.3) is 0 Å². The summed E-state index contributed by atoms with van der Waals surface area (Å²) in [6, 6.07) is 6.72. The maximum atomic E-state index is 10.5. The third-order valence-corrected chi connectivity index (χ3v) is 2.64. The number of hydrazone groups is 1. The van der Waals surface area contributed by atoms with E-state index in [9.17, 15) is 4.79 Å². The normalized spacial score (nSPS) is 10.7. The molecule has 1 aromatic carbocycles. The molecule has 7 nitrogen and oxygen atoms in total. The second-order valence-corrected chi connectivity index (χ2v) is 4.31. The van der Waals surface area contributed by atoms with Crippen LogP contribution in [0.1, 0.15) is 12.0 Å². The number of urea groups is 1. The Hall–Kier alpha value is -2.83. The number of amides is 2. The predicted molar refractivity (Wildman–Crippen MR) is 79.1 cm³/mol. The number of primary amides is 1. The average molecular weight is 287 g/mol. The van der Waals surface area contributed by atoms with Gasteiger partial charge < -0.3 is 15.0 Å². The quantitative estimate of drug-likeness (QED) is 0.457. The smallest absolute Gasteiger partial charge is 0.332 e. The lowest BCUT2D eigenvalue weighted by molar-refractivity contribution is 0.249. The van der Waals surface area contributed by atoms with Gasteiger partial charge in [0.1, 0.15) is 5.75 Å². The zero-order chi connectivity index (χ0) is 14.9. The molecule has 1 heterocycles. The van der Waals surface area contributed by atoms with Gasteiger partial charge in [0.15, 0.2) is 0 Å². The van der Waals surface area contributed by atoms with E-state index in [2.05, 4.69) is 15.5 Å². The molecule has 0 saturated heterocycles. The Labute approximate surface area is 122 Å². The van der Waals surface area contributed by atoms with Gasteiger partial charge in [-0.25, -0.2) is 15.2 Å². The Balaban J connectivity index is 1.77. The monoisotopic (exact) mass is 287 g/mol. The highest BCUT2D eigenvalue weighted by Crippen LogP contribution is 2.12. The van der Waals surface area contributed by atoms with Crippen LogP contribution in [0, 0.1) is 0 Å². The summed E-state index contributed by atoms with van der Waals surface area (Å²) in [4.78, 5) is 14.5. The lowest BCUT2D eigenvalue weighted by Crippen LogP contribution is -2.24. The third kappa shape index (κ3) is 5.35. The molecular weight excluding hydrogens is 270 g/mol. The van der Waals surface area contributed by atoms with Gasteiger partial charge in [-0.3, -0.25) is 0 Å². The molecule has 21 heavy (non-hydrogen) atoms. The molecule has 2 rings (SSSR count). The van der Waals surface area contributed by atoms with E-state index >= 15 is 0 Å². The molecule has 1 aromatic heterocycles. The first-order valence-corrected chi connectivity index (χ1v) is 6.51. The molecule has 2 amide bonds. The summed E-state index contributed by atoms with van der Waals surface area (Å²) < 4.78 is 7.67. The van der Waals surface area contributed by atoms with E-state index in [1.165, 1.54) is 6.21 Å². The summed E-state index contributed by atoms with van der Waals surface area (Å²) >= 11 is 0. The predicted octanol–water partition coefficient (Wildman–Crippen LogP) is 1.35. The average Bonchev–Trinajstić information content (AvgIpc) is 2.97. The van der Waals surface area contributed by atoms with E-state index in [0.29, 0.717) is 6.61 Å². The Morgan fingerprint density at radius 1 is 1.52 bits per heavy atom. The van der Waals surface area contributed by atoms with Crippen LogP contribution in [0.5, 0.6) is 5.75 Å². The van der Waals surface area contributed by atoms with E-state index in [1.54, 1.807) is 12.5 Å². The van der Waals surface area contributed by atoms with Crippen LogP contribution in [0.4, 0.5) is 4.79 Å². The van der Waals surface area contributed by atoms with Gasteiger partial charge in [0, 0.05) is 18.9 Å². The number of aryl methyl sites for hydroxylation is 1. The number of nitrogens with one attached hydrogen (secondary N) is 1. The van der Waals surface area contributed by atoms with Crippen LogP contribution < -0.4 is 15.9 Å². The summed E-state index contributed by atoms with van der Waals surface area (Å²) in [5.74, 6) is 0.753. The summed E-state index contributed by atoms with van der Waals surface area (Å²) in [6.07, 6.45) is 7.84. The highest BCUT2D eigenvalue weighted by molar-refractivity contribution is 5.81. The highest BCUT2D eigenvalue weighted by atomic mass is 16.5. The van der Waals surface area contributed by atoms with Crippen molar-refractivity contribution < 1.29 is 9.53 Å². The molecule has 0 bridgehead atoms. The van der Waals surface area contributed by atoms with Crippen molar-refractivity contribution in [2.45, 2.75) is 13.0 Å². The topological polar surface area (TPSA) is 94.5 Å². The van der Waals surface area contributed by atoms with Gasteiger partial charge in [0.2, 0.25) is 0 Å². The van der Waals surface area contributed by atoms with Crippen molar-refractivity contribution in [1.29, 1.82) is 0 Å². The number of benzene rings is 1. The van der Waals surface area contributed by atoms with Crippen molar-refractivity contribution in [3.63, 3.8) is 0 Å². The Morgan fingerprint density at radius 3 is 3.19 bits per heavy atom. The number of nitrogens with zero attached hydrogens (tertiary/aromatic N) is 3. The van der Waals surface area contributed by atoms with Crippen LogP contribution >= 0.6 is 0 Å². The molecule has 2 aromatic rings. The van der Waals surface area contributed by atoms with Gasteiger partial charge in [0.05, 0.1) is 19.1 Å². The minimum absolute atomic E-state index is 0.609. The van der Waals surface area contributed by atoms with E-state index in [4.69, 9.17) is 10.5 Å². The van der Waals surface area contributed by atoms with Gasteiger partial charge in [-0.05, 0) is 24.1 Å². The Kier molecular flexibility index (Phi) is 5.33. The van der Waals surface area contributed by atoms with Crippen molar-refractivity contribution >= 4 is 12.2 Å². The fourth-order valence-electron chi connectivity index (χ4n) is 1.71. The van der Waals surface area contributed by atoms with E-state index in [0.717, 1.165) is 24.3 Å². The summed E-state index contributed by atoms with van der Waals surface area (Å²) in [5.41, 5.74) is 7.87. The van der Waals surface area contributed by atoms with Gasteiger partial charge in [-0.1, -0.05) is 12.1 Å². The van der Waals surface area contributed by atoms with Crippen LogP contribution in [0.3, 0.4) is 0 Å². The summed E-state index contributed by atoms with van der Waals surface area (Å²) in [5, 5.41) is 3.70. The maximum absolute atomic E-state index is 10.5. The number of rotatable bonds is 7. The molecular formula is C14H17N5O2. The zero-order valence-corrected chi connectivity index (χ0v) is 11.5. The SMILES string of the molecule is NC(=O)NN=Cc1cccc(OCCCn2ccnc2)c1. The molecule has 0 aliphatic heterocycles. The maximum Gasteiger partial charge on any atom is 0.332 e. The fraction of sp³-hybridized carbons (Fsp3) is 0.214. The first kappa shape index (κ1) is 14.6. The van der Waals surface area contributed by atoms with Crippen LogP contribution in [0.25, 0.3) is 0 Å². The number of hydrogen-bond acceptors (Lipinski definition) is 4. The van der Waals surface area contributed by atoms with E-state index in [-0.39, 0.29) is 0 Å². The minimum Gasteiger partial charge on any atom is -0.494 e. The van der Waals surface area contributed by atoms with Crippen molar-refractivity contribution in [2.75, 3.05) is 6.61 Å². The van der Waals surface area contributed by atoms with Crippen molar-refractivity contribution in [1.82, 2.24) is 15.0 Å². The molecule has 7 heteroatoms. The minimum atomic E-state index is -0.696. The summed E-state index contributed by atoms with van der Waals surface area (Å²) in [6.45, 7) is 1.47. The number of aromatic nitrogens is 2.